The van der Waals surface area contributed by atoms with Gasteiger partial charge in [-0.3, -0.25) is 0 Å². The minimum atomic E-state index is 0.810. The van der Waals surface area contributed by atoms with Gasteiger partial charge in [-0.2, -0.15) is 0 Å². The van der Waals surface area contributed by atoms with Crippen molar-refractivity contribution in [2.45, 2.75) is 12.8 Å². The molecular weight excluding hydrogens is 286 g/mol. The Labute approximate surface area is 130 Å². The largest absolute Gasteiger partial charge is 0.497 e. The zero-order valence-electron chi connectivity index (χ0n) is 12.4. The van der Waals surface area contributed by atoms with Crippen LogP contribution in [-0.2, 0) is 6.42 Å². The summed E-state index contributed by atoms with van der Waals surface area (Å²) in [5.41, 5.74) is 2.12. The molecule has 0 bridgehead atoms. The molecule has 2 aromatic carbocycles. The first-order chi connectivity index (χ1) is 10.2. The van der Waals surface area contributed by atoms with Crippen molar-refractivity contribution in [3.63, 3.8) is 0 Å². The summed E-state index contributed by atoms with van der Waals surface area (Å²) in [6.45, 7) is 0.842. The molecule has 2 aromatic rings. The highest BCUT2D eigenvalue weighted by Gasteiger charge is 2.04. The van der Waals surface area contributed by atoms with Crippen LogP contribution in [0.2, 0.25) is 5.02 Å². The second kappa shape index (κ2) is 7.79. The summed E-state index contributed by atoms with van der Waals surface area (Å²) in [5.74, 6) is 1.62. The van der Waals surface area contributed by atoms with E-state index in [1.165, 1.54) is 5.56 Å². The first kappa shape index (κ1) is 15.5. The average molecular weight is 306 g/mol. The molecule has 0 aromatic heterocycles. The van der Waals surface area contributed by atoms with Gasteiger partial charge in [0.2, 0.25) is 0 Å². The highest BCUT2D eigenvalue weighted by Crippen LogP contribution is 2.28. The molecule has 4 heteroatoms. The van der Waals surface area contributed by atoms with E-state index in [1.807, 2.05) is 36.4 Å². The first-order valence-corrected chi connectivity index (χ1v) is 7.31. The lowest BCUT2D eigenvalue weighted by atomic mass is 10.1. The monoisotopic (exact) mass is 305 g/mol. The number of anilines is 1. The van der Waals surface area contributed by atoms with Crippen molar-refractivity contribution in [1.82, 2.24) is 0 Å². The number of aryl methyl sites for hydroxylation is 1. The van der Waals surface area contributed by atoms with E-state index in [-0.39, 0.29) is 0 Å². The molecule has 0 saturated carbocycles. The van der Waals surface area contributed by atoms with E-state index >= 15 is 0 Å². The van der Waals surface area contributed by atoms with Crippen molar-refractivity contribution in [3.05, 3.63) is 53.1 Å². The molecule has 0 aliphatic heterocycles. The van der Waals surface area contributed by atoms with E-state index < -0.39 is 0 Å². The van der Waals surface area contributed by atoms with Crippen LogP contribution in [0.5, 0.6) is 11.5 Å². The van der Waals surface area contributed by atoms with Crippen LogP contribution >= 0.6 is 11.6 Å². The summed E-state index contributed by atoms with van der Waals surface area (Å²) in [6, 6.07) is 13.7. The fraction of sp³-hybridized carbons (Fsp3) is 0.294. The maximum atomic E-state index is 6.15. The van der Waals surface area contributed by atoms with Crippen LogP contribution in [0.25, 0.3) is 0 Å². The predicted molar refractivity (Wildman–Crippen MR) is 87.8 cm³/mol. The smallest absolute Gasteiger partial charge is 0.142 e. The molecule has 2 rings (SSSR count). The third-order valence-electron chi connectivity index (χ3n) is 3.30. The van der Waals surface area contributed by atoms with Crippen LogP contribution < -0.4 is 14.8 Å². The maximum Gasteiger partial charge on any atom is 0.142 e. The zero-order chi connectivity index (χ0) is 15.1. The van der Waals surface area contributed by atoms with Gasteiger partial charge in [0.25, 0.3) is 0 Å². The molecule has 0 aliphatic carbocycles. The van der Waals surface area contributed by atoms with Crippen molar-refractivity contribution in [3.8, 4) is 11.5 Å². The van der Waals surface area contributed by atoms with Crippen LogP contribution in [0.3, 0.4) is 0 Å². The number of benzene rings is 2. The van der Waals surface area contributed by atoms with Crippen LogP contribution in [0.4, 0.5) is 5.69 Å². The van der Waals surface area contributed by atoms with E-state index in [9.17, 15) is 0 Å². The van der Waals surface area contributed by atoms with Crippen molar-refractivity contribution in [1.29, 1.82) is 0 Å². The zero-order valence-corrected chi connectivity index (χ0v) is 13.1. The SMILES string of the molecule is COc1ccc(OC)c(NCCCc2ccccc2Cl)c1. The van der Waals surface area contributed by atoms with Gasteiger partial charge in [0.05, 0.1) is 19.9 Å². The van der Waals surface area contributed by atoms with Gasteiger partial charge in [-0.15, -0.1) is 0 Å². The van der Waals surface area contributed by atoms with E-state index in [1.54, 1.807) is 14.2 Å². The highest BCUT2D eigenvalue weighted by molar-refractivity contribution is 6.31. The normalized spacial score (nSPS) is 10.2. The number of methoxy groups -OCH3 is 2. The van der Waals surface area contributed by atoms with E-state index in [4.69, 9.17) is 21.1 Å². The van der Waals surface area contributed by atoms with Gasteiger partial charge in [0, 0.05) is 17.6 Å². The molecule has 0 heterocycles. The molecule has 0 spiro atoms. The van der Waals surface area contributed by atoms with Gasteiger partial charge in [-0.1, -0.05) is 29.8 Å². The van der Waals surface area contributed by atoms with Crippen LogP contribution in [0.15, 0.2) is 42.5 Å². The molecule has 3 nitrogen and oxygen atoms in total. The van der Waals surface area contributed by atoms with Gasteiger partial charge < -0.3 is 14.8 Å². The number of ether oxygens (including phenoxy) is 2. The third kappa shape index (κ3) is 4.30. The molecule has 1 N–H and O–H groups in total. The van der Waals surface area contributed by atoms with Gasteiger partial charge >= 0.3 is 0 Å². The van der Waals surface area contributed by atoms with E-state index in [0.717, 1.165) is 41.6 Å². The topological polar surface area (TPSA) is 30.5 Å². The molecule has 0 amide bonds. The van der Waals surface area contributed by atoms with Crippen molar-refractivity contribution in [2.24, 2.45) is 0 Å². The Morgan fingerprint density at radius 2 is 1.86 bits per heavy atom. The molecular formula is C17H20ClNO2. The lowest BCUT2D eigenvalue weighted by Crippen LogP contribution is -2.05. The molecule has 0 unspecified atom stereocenters. The summed E-state index contributed by atoms with van der Waals surface area (Å²) in [6.07, 6.45) is 1.93. The fourth-order valence-corrected chi connectivity index (χ4v) is 2.39. The van der Waals surface area contributed by atoms with Crippen LogP contribution in [0, 0.1) is 0 Å². The quantitative estimate of drug-likeness (QED) is 0.769. The summed E-state index contributed by atoms with van der Waals surface area (Å²) >= 11 is 6.15. The molecule has 0 radical (unpaired) electrons. The van der Waals surface area contributed by atoms with Gasteiger partial charge in [0.15, 0.2) is 0 Å². The molecule has 0 aliphatic rings. The first-order valence-electron chi connectivity index (χ1n) is 6.94. The standard InChI is InChI=1S/C17H20ClNO2/c1-20-14-9-10-17(21-2)16(12-14)19-11-5-7-13-6-3-4-8-15(13)18/h3-4,6,8-10,12,19H,5,7,11H2,1-2H3. The number of hydrogen-bond acceptors (Lipinski definition) is 3. The van der Waals surface area contributed by atoms with Crippen molar-refractivity contribution >= 4 is 17.3 Å². The molecule has 0 fully saturated rings. The van der Waals surface area contributed by atoms with E-state index in [2.05, 4.69) is 11.4 Å². The Hall–Kier alpha value is -1.87. The Kier molecular flexibility index (Phi) is 5.76. The second-order valence-corrected chi connectivity index (χ2v) is 5.10. The van der Waals surface area contributed by atoms with Gasteiger partial charge in [-0.25, -0.2) is 0 Å². The van der Waals surface area contributed by atoms with Crippen molar-refractivity contribution < 1.29 is 9.47 Å². The van der Waals surface area contributed by atoms with E-state index in [0.29, 0.717) is 0 Å². The maximum absolute atomic E-state index is 6.15. The molecule has 21 heavy (non-hydrogen) atoms. The summed E-state index contributed by atoms with van der Waals surface area (Å²) in [7, 11) is 3.32. The third-order valence-corrected chi connectivity index (χ3v) is 3.67. The molecule has 0 saturated heterocycles. The summed E-state index contributed by atoms with van der Waals surface area (Å²) in [4.78, 5) is 0. The summed E-state index contributed by atoms with van der Waals surface area (Å²) in [5, 5.41) is 4.21. The minimum absolute atomic E-state index is 0.810. The average Bonchev–Trinajstić information content (AvgIpc) is 2.52. The second-order valence-electron chi connectivity index (χ2n) is 4.69. The minimum Gasteiger partial charge on any atom is -0.497 e. The molecule has 112 valence electrons. The number of rotatable bonds is 7. The Balaban J connectivity index is 1.90. The summed E-state index contributed by atoms with van der Waals surface area (Å²) < 4.78 is 10.6. The number of halogens is 1. The predicted octanol–water partition coefficient (Wildman–Crippen LogP) is 4.40. The number of nitrogens with one attached hydrogen (secondary N) is 1. The highest BCUT2D eigenvalue weighted by atomic mass is 35.5. The number of hydrogen-bond donors (Lipinski definition) is 1. The fourth-order valence-electron chi connectivity index (χ4n) is 2.16. The Morgan fingerprint density at radius 3 is 2.57 bits per heavy atom. The Morgan fingerprint density at radius 1 is 1.05 bits per heavy atom. The molecule has 0 atom stereocenters. The lowest BCUT2D eigenvalue weighted by molar-refractivity contribution is 0.404. The van der Waals surface area contributed by atoms with Gasteiger partial charge in [-0.05, 0) is 36.6 Å². The lowest BCUT2D eigenvalue weighted by Gasteiger charge is -2.12. The van der Waals surface area contributed by atoms with Crippen molar-refractivity contribution in [2.75, 3.05) is 26.1 Å². The van der Waals surface area contributed by atoms with Crippen LogP contribution in [-0.4, -0.2) is 20.8 Å². The van der Waals surface area contributed by atoms with Gasteiger partial charge in [0.1, 0.15) is 11.5 Å². The Bertz CT molecular complexity index is 587. The van der Waals surface area contributed by atoms with Crippen LogP contribution in [0.1, 0.15) is 12.0 Å².